The first-order valence-corrected chi connectivity index (χ1v) is 6.97. The third-order valence-electron chi connectivity index (χ3n) is 4.00. The molecule has 2 rings (SSSR count). The Bertz CT molecular complexity index is 190. The Morgan fingerprint density at radius 3 is 3.00 bits per heavy atom. The maximum absolute atomic E-state index is 3.61. The van der Waals surface area contributed by atoms with Gasteiger partial charge in [-0.15, -0.1) is 0 Å². The molecule has 0 saturated carbocycles. The van der Waals surface area contributed by atoms with Gasteiger partial charge in [-0.2, -0.15) is 0 Å². The molecule has 94 valence electrons. The Hall–Kier alpha value is -0.120. The van der Waals surface area contributed by atoms with Gasteiger partial charge in [-0.3, -0.25) is 0 Å². The SMILES string of the molecule is CN1CCCC(CCNCC2CCCN2)C1. The quantitative estimate of drug-likeness (QED) is 0.685. The molecule has 0 aliphatic carbocycles. The molecule has 0 aromatic rings. The zero-order valence-corrected chi connectivity index (χ0v) is 10.7. The van der Waals surface area contributed by atoms with Crippen LogP contribution in [-0.4, -0.2) is 50.7 Å². The number of hydrogen-bond donors (Lipinski definition) is 2. The highest BCUT2D eigenvalue weighted by atomic mass is 15.1. The Balaban J connectivity index is 1.50. The third-order valence-corrected chi connectivity index (χ3v) is 4.00. The van der Waals surface area contributed by atoms with E-state index < -0.39 is 0 Å². The Morgan fingerprint density at radius 2 is 2.25 bits per heavy atom. The number of piperidine rings is 1. The average molecular weight is 225 g/mol. The lowest BCUT2D eigenvalue weighted by Crippen LogP contribution is -2.37. The molecule has 0 spiro atoms. The Kier molecular flexibility index (Phi) is 5.07. The van der Waals surface area contributed by atoms with Crippen LogP contribution in [-0.2, 0) is 0 Å². The fourth-order valence-electron chi connectivity index (χ4n) is 3.02. The number of rotatable bonds is 5. The highest BCUT2D eigenvalue weighted by Crippen LogP contribution is 2.17. The standard InChI is InChI=1S/C13H27N3/c1-16-9-3-4-12(11-16)6-8-14-10-13-5-2-7-15-13/h12-15H,2-11H2,1H3. The lowest BCUT2D eigenvalue weighted by atomic mass is 9.95. The van der Waals surface area contributed by atoms with E-state index in [4.69, 9.17) is 0 Å². The molecular formula is C13H27N3. The van der Waals surface area contributed by atoms with Crippen LogP contribution in [0.25, 0.3) is 0 Å². The van der Waals surface area contributed by atoms with Crippen LogP contribution < -0.4 is 10.6 Å². The summed E-state index contributed by atoms with van der Waals surface area (Å²) in [5, 5.41) is 7.14. The highest BCUT2D eigenvalue weighted by molar-refractivity contribution is 4.77. The monoisotopic (exact) mass is 225 g/mol. The van der Waals surface area contributed by atoms with Crippen molar-refractivity contribution in [2.75, 3.05) is 39.8 Å². The predicted molar refractivity (Wildman–Crippen MR) is 68.7 cm³/mol. The maximum atomic E-state index is 3.61. The second kappa shape index (κ2) is 6.58. The molecule has 2 fully saturated rings. The normalized spacial score (nSPS) is 32.1. The van der Waals surface area contributed by atoms with Crippen molar-refractivity contribution in [1.82, 2.24) is 15.5 Å². The minimum atomic E-state index is 0.744. The van der Waals surface area contributed by atoms with Crippen molar-refractivity contribution >= 4 is 0 Å². The van der Waals surface area contributed by atoms with E-state index in [0.29, 0.717) is 0 Å². The molecular weight excluding hydrogens is 198 g/mol. The van der Waals surface area contributed by atoms with Crippen molar-refractivity contribution in [3.05, 3.63) is 0 Å². The molecule has 2 atom stereocenters. The summed E-state index contributed by atoms with van der Waals surface area (Å²) in [7, 11) is 2.25. The second-order valence-corrected chi connectivity index (χ2v) is 5.56. The van der Waals surface area contributed by atoms with E-state index in [0.717, 1.165) is 12.0 Å². The van der Waals surface area contributed by atoms with Crippen LogP contribution in [0.1, 0.15) is 32.1 Å². The average Bonchev–Trinajstić information content (AvgIpc) is 2.77. The fraction of sp³-hybridized carbons (Fsp3) is 1.00. The molecule has 2 heterocycles. The number of likely N-dealkylation sites (tertiary alicyclic amines) is 1. The van der Waals surface area contributed by atoms with Crippen LogP contribution in [0.3, 0.4) is 0 Å². The number of nitrogens with one attached hydrogen (secondary N) is 2. The molecule has 2 N–H and O–H groups in total. The first-order valence-electron chi connectivity index (χ1n) is 6.97. The predicted octanol–water partition coefficient (Wildman–Crippen LogP) is 1.06. The van der Waals surface area contributed by atoms with Gasteiger partial charge < -0.3 is 15.5 Å². The Morgan fingerprint density at radius 1 is 1.31 bits per heavy atom. The van der Waals surface area contributed by atoms with Gasteiger partial charge in [-0.05, 0) is 64.7 Å². The van der Waals surface area contributed by atoms with Crippen LogP contribution in [0.2, 0.25) is 0 Å². The van der Waals surface area contributed by atoms with Crippen LogP contribution in [0, 0.1) is 5.92 Å². The molecule has 0 aromatic heterocycles. The van der Waals surface area contributed by atoms with E-state index in [-0.39, 0.29) is 0 Å². The van der Waals surface area contributed by atoms with Gasteiger partial charge in [0.1, 0.15) is 0 Å². The van der Waals surface area contributed by atoms with E-state index in [9.17, 15) is 0 Å². The van der Waals surface area contributed by atoms with Gasteiger partial charge in [0.25, 0.3) is 0 Å². The minimum Gasteiger partial charge on any atom is -0.315 e. The van der Waals surface area contributed by atoms with Gasteiger partial charge in [0.05, 0.1) is 0 Å². The summed E-state index contributed by atoms with van der Waals surface area (Å²) >= 11 is 0. The molecule has 3 heteroatoms. The van der Waals surface area contributed by atoms with E-state index in [1.165, 1.54) is 64.8 Å². The smallest absolute Gasteiger partial charge is 0.0192 e. The minimum absolute atomic E-state index is 0.744. The van der Waals surface area contributed by atoms with Crippen molar-refractivity contribution < 1.29 is 0 Å². The van der Waals surface area contributed by atoms with Crippen LogP contribution in [0.5, 0.6) is 0 Å². The molecule has 16 heavy (non-hydrogen) atoms. The molecule has 2 aliphatic heterocycles. The summed E-state index contributed by atoms with van der Waals surface area (Å²) in [6.45, 7) is 6.21. The van der Waals surface area contributed by atoms with E-state index in [1.54, 1.807) is 0 Å². The summed E-state index contributed by atoms with van der Waals surface area (Å²) in [5.41, 5.74) is 0. The molecule has 0 amide bonds. The summed E-state index contributed by atoms with van der Waals surface area (Å²) in [6, 6.07) is 0.744. The molecule has 2 unspecified atom stereocenters. The molecule has 0 aromatic carbocycles. The maximum Gasteiger partial charge on any atom is 0.0192 e. The van der Waals surface area contributed by atoms with Gasteiger partial charge >= 0.3 is 0 Å². The van der Waals surface area contributed by atoms with Gasteiger partial charge in [0, 0.05) is 19.1 Å². The van der Waals surface area contributed by atoms with Crippen molar-refractivity contribution in [3.63, 3.8) is 0 Å². The number of hydrogen-bond acceptors (Lipinski definition) is 3. The third kappa shape index (κ3) is 4.04. The van der Waals surface area contributed by atoms with Crippen LogP contribution >= 0.6 is 0 Å². The van der Waals surface area contributed by atoms with Crippen molar-refractivity contribution in [2.24, 2.45) is 5.92 Å². The van der Waals surface area contributed by atoms with E-state index in [2.05, 4.69) is 22.6 Å². The van der Waals surface area contributed by atoms with Gasteiger partial charge in [-0.25, -0.2) is 0 Å². The molecule has 0 radical (unpaired) electrons. The van der Waals surface area contributed by atoms with Gasteiger partial charge in [-0.1, -0.05) is 0 Å². The molecule has 3 nitrogen and oxygen atoms in total. The van der Waals surface area contributed by atoms with Crippen molar-refractivity contribution in [1.29, 1.82) is 0 Å². The summed E-state index contributed by atoms with van der Waals surface area (Å²) in [4.78, 5) is 2.48. The zero-order chi connectivity index (χ0) is 11.2. The van der Waals surface area contributed by atoms with Crippen LogP contribution in [0.4, 0.5) is 0 Å². The fourth-order valence-corrected chi connectivity index (χ4v) is 3.02. The molecule has 2 aliphatic rings. The summed E-state index contributed by atoms with van der Waals surface area (Å²) in [6.07, 6.45) is 6.91. The van der Waals surface area contributed by atoms with Crippen LogP contribution in [0.15, 0.2) is 0 Å². The summed E-state index contributed by atoms with van der Waals surface area (Å²) < 4.78 is 0. The Labute approximate surface area is 100.0 Å². The number of nitrogens with zero attached hydrogens (tertiary/aromatic N) is 1. The second-order valence-electron chi connectivity index (χ2n) is 5.56. The van der Waals surface area contributed by atoms with Gasteiger partial charge in [0.15, 0.2) is 0 Å². The first-order chi connectivity index (χ1) is 7.84. The van der Waals surface area contributed by atoms with E-state index >= 15 is 0 Å². The topological polar surface area (TPSA) is 27.3 Å². The highest BCUT2D eigenvalue weighted by Gasteiger charge is 2.17. The van der Waals surface area contributed by atoms with E-state index in [1.807, 2.05) is 0 Å². The van der Waals surface area contributed by atoms with Gasteiger partial charge in [0.2, 0.25) is 0 Å². The van der Waals surface area contributed by atoms with Crippen molar-refractivity contribution in [2.45, 2.75) is 38.1 Å². The van der Waals surface area contributed by atoms with Crippen molar-refractivity contribution in [3.8, 4) is 0 Å². The largest absolute Gasteiger partial charge is 0.315 e. The summed E-state index contributed by atoms with van der Waals surface area (Å²) in [5.74, 6) is 0.933. The first kappa shape index (κ1) is 12.3. The lowest BCUT2D eigenvalue weighted by molar-refractivity contribution is 0.201. The molecule has 0 bridgehead atoms. The lowest BCUT2D eigenvalue weighted by Gasteiger charge is -2.29. The zero-order valence-electron chi connectivity index (χ0n) is 10.7. The molecule has 2 saturated heterocycles.